The number of carbonyl (C=O) groups excluding carboxylic acids is 1. The lowest BCUT2D eigenvalue weighted by atomic mass is 9.81. The molecule has 0 unspecified atom stereocenters. The smallest absolute Gasteiger partial charge is 0.376 e. The highest BCUT2D eigenvalue weighted by Gasteiger charge is 2.51. The van der Waals surface area contributed by atoms with Gasteiger partial charge < -0.3 is 10.0 Å². The lowest BCUT2D eigenvalue weighted by Crippen LogP contribution is -2.43. The second-order valence-electron chi connectivity index (χ2n) is 9.15. The highest BCUT2D eigenvalue weighted by Crippen LogP contribution is 2.41. The van der Waals surface area contributed by atoms with Crippen LogP contribution < -0.4 is 0 Å². The number of alkyl halides is 3. The number of hydrogen-bond donors (Lipinski definition) is 1. The Labute approximate surface area is 185 Å². The Kier molecular flexibility index (Phi) is 6.05. The van der Waals surface area contributed by atoms with Crippen LogP contribution in [0, 0.1) is 5.82 Å². The maximum absolute atomic E-state index is 13.3. The summed E-state index contributed by atoms with van der Waals surface area (Å²) in [6.07, 6.45) is 0.549. The monoisotopic (exact) mass is 449 g/mol. The van der Waals surface area contributed by atoms with Gasteiger partial charge in [0.2, 0.25) is 0 Å². The fraction of sp³-hybridized carbons (Fsp3) is 0.480. The van der Waals surface area contributed by atoms with Crippen LogP contribution >= 0.6 is 0 Å². The molecule has 0 heterocycles. The summed E-state index contributed by atoms with van der Waals surface area (Å²) in [4.78, 5) is 15.2. The maximum atomic E-state index is 13.3. The molecule has 0 saturated heterocycles. The van der Waals surface area contributed by atoms with Gasteiger partial charge in [0.15, 0.2) is 5.60 Å². The third-order valence-electron chi connectivity index (χ3n) is 6.85. The minimum atomic E-state index is -4.80. The Morgan fingerprint density at radius 2 is 1.38 bits per heavy atom. The third-order valence-corrected chi connectivity index (χ3v) is 6.85. The van der Waals surface area contributed by atoms with E-state index in [2.05, 4.69) is 0 Å². The van der Waals surface area contributed by atoms with Crippen LogP contribution in [0.1, 0.15) is 72.9 Å². The second kappa shape index (κ2) is 8.50. The number of aliphatic hydroxyl groups is 1. The zero-order chi connectivity index (χ0) is 23.1. The molecule has 0 aromatic heterocycles. The van der Waals surface area contributed by atoms with Crippen molar-refractivity contribution in [1.29, 1.82) is 0 Å². The van der Waals surface area contributed by atoms with E-state index < -0.39 is 11.8 Å². The van der Waals surface area contributed by atoms with Crippen LogP contribution in [0.2, 0.25) is 0 Å². The standard InChI is InChI=1S/C25H27F4NO2/c1-24(32,25(27,28)29)19-8-2-18(3-9-19)23(31)30(22-14-15-22)21-12-6-17(7-13-21)16-4-10-20(26)11-5-16/h2-5,8-11,17,21-22,32H,6-7,12-15H2,1H3/t17?,21?,24-/m0/s1. The van der Waals surface area contributed by atoms with Gasteiger partial charge in [-0.25, -0.2) is 4.39 Å². The Bertz CT molecular complexity index is 941. The predicted molar refractivity (Wildman–Crippen MR) is 113 cm³/mol. The fourth-order valence-electron chi connectivity index (χ4n) is 4.65. The van der Waals surface area contributed by atoms with E-state index in [1.54, 1.807) is 0 Å². The third kappa shape index (κ3) is 4.53. The highest BCUT2D eigenvalue weighted by atomic mass is 19.4. The summed E-state index contributed by atoms with van der Waals surface area (Å²) in [5.74, 6) is -0.0847. The Morgan fingerprint density at radius 1 is 0.875 bits per heavy atom. The normalized spacial score (nSPS) is 23.4. The molecule has 2 aromatic carbocycles. The van der Waals surface area contributed by atoms with E-state index in [4.69, 9.17) is 0 Å². The van der Waals surface area contributed by atoms with Gasteiger partial charge in [-0.05, 0) is 86.8 Å². The summed E-state index contributed by atoms with van der Waals surface area (Å²) in [6, 6.07) is 12.0. The van der Waals surface area contributed by atoms with Crippen LogP contribution in [0.25, 0.3) is 0 Å². The Balaban J connectivity index is 1.45. The molecular formula is C25H27F4NO2. The zero-order valence-electron chi connectivity index (χ0n) is 17.9. The molecule has 2 aliphatic rings. The molecule has 0 aliphatic heterocycles. The van der Waals surface area contributed by atoms with Gasteiger partial charge in [0, 0.05) is 17.6 Å². The van der Waals surface area contributed by atoms with Crippen LogP contribution in [-0.4, -0.2) is 34.2 Å². The van der Waals surface area contributed by atoms with Crippen LogP contribution in [-0.2, 0) is 5.60 Å². The first kappa shape index (κ1) is 22.8. The van der Waals surface area contributed by atoms with Crippen molar-refractivity contribution in [1.82, 2.24) is 4.90 Å². The number of amides is 1. The average molecular weight is 449 g/mol. The van der Waals surface area contributed by atoms with Gasteiger partial charge in [-0.1, -0.05) is 24.3 Å². The van der Waals surface area contributed by atoms with Crippen molar-refractivity contribution in [3.63, 3.8) is 0 Å². The summed E-state index contributed by atoms with van der Waals surface area (Å²) in [7, 11) is 0. The molecule has 2 fully saturated rings. The maximum Gasteiger partial charge on any atom is 0.421 e. The molecule has 3 nitrogen and oxygen atoms in total. The molecule has 2 saturated carbocycles. The van der Waals surface area contributed by atoms with Crippen molar-refractivity contribution in [2.75, 3.05) is 0 Å². The van der Waals surface area contributed by atoms with Gasteiger partial charge in [-0.3, -0.25) is 4.79 Å². The molecule has 2 aliphatic carbocycles. The van der Waals surface area contributed by atoms with Crippen molar-refractivity contribution in [2.24, 2.45) is 0 Å². The van der Waals surface area contributed by atoms with Crippen LogP contribution in [0.3, 0.4) is 0 Å². The molecule has 172 valence electrons. The molecule has 32 heavy (non-hydrogen) atoms. The van der Waals surface area contributed by atoms with E-state index >= 15 is 0 Å². The lowest BCUT2D eigenvalue weighted by molar-refractivity contribution is -0.258. The average Bonchev–Trinajstić information content (AvgIpc) is 3.59. The predicted octanol–water partition coefficient (Wildman–Crippen LogP) is 5.93. The van der Waals surface area contributed by atoms with E-state index in [0.29, 0.717) is 18.4 Å². The number of carbonyl (C=O) groups is 1. The summed E-state index contributed by atoms with van der Waals surface area (Å²) < 4.78 is 52.5. The zero-order valence-corrected chi connectivity index (χ0v) is 17.9. The number of halogens is 4. The minimum absolute atomic E-state index is 0.0876. The van der Waals surface area contributed by atoms with Crippen LogP contribution in [0.15, 0.2) is 48.5 Å². The first-order valence-corrected chi connectivity index (χ1v) is 11.1. The largest absolute Gasteiger partial charge is 0.421 e. The van der Waals surface area contributed by atoms with Gasteiger partial charge >= 0.3 is 6.18 Å². The van der Waals surface area contributed by atoms with Crippen molar-refractivity contribution in [3.8, 4) is 0 Å². The molecule has 0 spiro atoms. The van der Waals surface area contributed by atoms with Crippen molar-refractivity contribution in [3.05, 3.63) is 71.0 Å². The summed E-state index contributed by atoms with van der Waals surface area (Å²) in [5.41, 5.74) is -1.82. The minimum Gasteiger partial charge on any atom is -0.376 e. The van der Waals surface area contributed by atoms with Crippen LogP contribution in [0.4, 0.5) is 17.6 Å². The topological polar surface area (TPSA) is 40.5 Å². The van der Waals surface area contributed by atoms with Crippen molar-refractivity contribution in [2.45, 2.75) is 75.2 Å². The molecule has 2 aromatic rings. The van der Waals surface area contributed by atoms with Gasteiger partial charge in [0.05, 0.1) is 0 Å². The van der Waals surface area contributed by atoms with E-state index in [-0.39, 0.29) is 29.4 Å². The molecule has 0 radical (unpaired) electrons. The SMILES string of the molecule is C[C@](O)(c1ccc(C(=O)N(C2CCC(c3ccc(F)cc3)CC2)C2CC2)cc1)C(F)(F)F. The second-order valence-corrected chi connectivity index (χ2v) is 9.15. The first-order chi connectivity index (χ1) is 15.1. The highest BCUT2D eigenvalue weighted by molar-refractivity contribution is 5.95. The molecule has 4 rings (SSSR count). The molecule has 7 heteroatoms. The quantitative estimate of drug-likeness (QED) is 0.575. The van der Waals surface area contributed by atoms with Crippen LogP contribution in [0.5, 0.6) is 0 Å². The van der Waals surface area contributed by atoms with Gasteiger partial charge in [0.1, 0.15) is 5.82 Å². The summed E-state index contributed by atoms with van der Waals surface area (Å²) in [5, 5.41) is 9.86. The van der Waals surface area contributed by atoms with E-state index in [0.717, 1.165) is 44.1 Å². The Morgan fingerprint density at radius 3 is 1.84 bits per heavy atom. The van der Waals surface area contributed by atoms with Gasteiger partial charge in [0.25, 0.3) is 5.91 Å². The number of rotatable bonds is 5. The van der Waals surface area contributed by atoms with Gasteiger partial charge in [-0.2, -0.15) is 13.2 Å². The summed E-state index contributed by atoms with van der Waals surface area (Å²) in [6.45, 7) is 0.708. The van der Waals surface area contributed by atoms with E-state index in [9.17, 15) is 27.5 Å². The van der Waals surface area contributed by atoms with Crippen molar-refractivity contribution >= 4 is 5.91 Å². The number of benzene rings is 2. The molecule has 1 amide bonds. The van der Waals surface area contributed by atoms with E-state index in [1.807, 2.05) is 17.0 Å². The molecule has 1 atom stereocenters. The number of hydrogen-bond acceptors (Lipinski definition) is 2. The van der Waals surface area contributed by atoms with Gasteiger partial charge in [-0.15, -0.1) is 0 Å². The number of nitrogens with zero attached hydrogens (tertiary/aromatic N) is 1. The lowest BCUT2D eigenvalue weighted by Gasteiger charge is -2.37. The first-order valence-electron chi connectivity index (χ1n) is 11.1. The van der Waals surface area contributed by atoms with Crippen molar-refractivity contribution < 1.29 is 27.5 Å². The molecule has 1 N–H and O–H groups in total. The molecular weight excluding hydrogens is 422 g/mol. The van der Waals surface area contributed by atoms with E-state index in [1.165, 1.54) is 36.4 Å². The Hall–Kier alpha value is -2.41. The fourth-order valence-corrected chi connectivity index (χ4v) is 4.65. The summed E-state index contributed by atoms with van der Waals surface area (Å²) >= 11 is 0. The molecule has 0 bridgehead atoms.